The lowest BCUT2D eigenvalue weighted by Crippen LogP contribution is -2.54. The van der Waals surface area contributed by atoms with E-state index in [-0.39, 0.29) is 0 Å². The standard InChI is InChI=1S/C6H10O5S/c7-1-2-3(8)4(9)5(10)6(12)11-2/h2,4-7,9-10,12H,1H2/t2-,4+,5-,6+/m1/s1. The molecule has 1 aliphatic rings. The molecule has 3 N–H and O–H groups in total. The SMILES string of the molecule is O=C1[C@@H](CO)O[C@@H](S)[C@H](O)[C@H]1O. The third kappa shape index (κ3) is 1.62. The Morgan fingerprint density at radius 3 is 2.58 bits per heavy atom. The largest absolute Gasteiger partial charge is 0.393 e. The molecule has 4 atom stereocenters. The molecule has 1 rings (SSSR count). The maximum Gasteiger partial charge on any atom is 0.195 e. The third-order valence-electron chi connectivity index (χ3n) is 1.69. The van der Waals surface area contributed by atoms with Crippen LogP contribution < -0.4 is 0 Å². The van der Waals surface area contributed by atoms with E-state index < -0.39 is 36.1 Å². The summed E-state index contributed by atoms with van der Waals surface area (Å²) in [4.78, 5) is 11.0. The number of aliphatic hydroxyl groups is 3. The number of ether oxygens (including phenoxy) is 1. The van der Waals surface area contributed by atoms with E-state index >= 15 is 0 Å². The Morgan fingerprint density at radius 1 is 1.50 bits per heavy atom. The molecule has 1 heterocycles. The van der Waals surface area contributed by atoms with Gasteiger partial charge in [0.25, 0.3) is 0 Å². The second kappa shape index (κ2) is 3.71. The van der Waals surface area contributed by atoms with Crippen LogP contribution in [0.4, 0.5) is 0 Å². The fourth-order valence-corrected chi connectivity index (χ4v) is 1.27. The number of hydrogen-bond donors (Lipinski definition) is 4. The Morgan fingerprint density at radius 2 is 2.08 bits per heavy atom. The average molecular weight is 194 g/mol. The maximum atomic E-state index is 11.0. The summed E-state index contributed by atoms with van der Waals surface area (Å²) in [5, 5.41) is 26.8. The zero-order valence-corrected chi connectivity index (χ0v) is 7.02. The second-order valence-electron chi connectivity index (χ2n) is 2.54. The normalized spacial score (nSPS) is 43.2. The first kappa shape index (κ1) is 9.94. The van der Waals surface area contributed by atoms with Crippen molar-refractivity contribution in [3.8, 4) is 0 Å². The minimum Gasteiger partial charge on any atom is -0.393 e. The molecule has 1 aliphatic heterocycles. The highest BCUT2D eigenvalue weighted by Gasteiger charge is 2.41. The van der Waals surface area contributed by atoms with Gasteiger partial charge >= 0.3 is 0 Å². The Hall–Kier alpha value is -0.140. The van der Waals surface area contributed by atoms with E-state index in [1.54, 1.807) is 0 Å². The molecule has 5 nitrogen and oxygen atoms in total. The van der Waals surface area contributed by atoms with E-state index in [2.05, 4.69) is 12.6 Å². The van der Waals surface area contributed by atoms with Crippen molar-refractivity contribution >= 4 is 18.4 Å². The van der Waals surface area contributed by atoms with Gasteiger partial charge in [-0.3, -0.25) is 4.79 Å². The number of thiol groups is 1. The third-order valence-corrected chi connectivity index (χ3v) is 2.12. The Kier molecular flexibility index (Phi) is 3.08. The van der Waals surface area contributed by atoms with Crippen LogP contribution >= 0.6 is 12.6 Å². The number of ketones is 1. The summed E-state index contributed by atoms with van der Waals surface area (Å²) < 4.78 is 4.79. The first-order valence-electron chi connectivity index (χ1n) is 3.42. The summed E-state index contributed by atoms with van der Waals surface area (Å²) in [5.41, 5.74) is -0.935. The van der Waals surface area contributed by atoms with Crippen molar-refractivity contribution in [1.82, 2.24) is 0 Å². The Bertz CT molecular complexity index is 181. The summed E-state index contributed by atoms with van der Waals surface area (Å²) in [6.45, 7) is -0.514. The molecule has 1 fully saturated rings. The number of aliphatic hydroxyl groups excluding tert-OH is 3. The van der Waals surface area contributed by atoms with Crippen molar-refractivity contribution in [3.63, 3.8) is 0 Å². The van der Waals surface area contributed by atoms with Gasteiger partial charge in [-0.1, -0.05) is 0 Å². The van der Waals surface area contributed by atoms with Crippen molar-refractivity contribution in [1.29, 1.82) is 0 Å². The molecule has 0 aromatic rings. The van der Waals surface area contributed by atoms with Gasteiger partial charge in [0.1, 0.15) is 23.7 Å². The first-order chi connectivity index (χ1) is 5.57. The zero-order chi connectivity index (χ0) is 9.30. The van der Waals surface area contributed by atoms with Crippen molar-refractivity contribution < 1.29 is 24.9 Å². The quantitative estimate of drug-likeness (QED) is 0.360. The fourth-order valence-electron chi connectivity index (χ4n) is 0.964. The van der Waals surface area contributed by atoms with Gasteiger partial charge in [-0.05, 0) is 0 Å². The van der Waals surface area contributed by atoms with Crippen LogP contribution in [-0.2, 0) is 9.53 Å². The van der Waals surface area contributed by atoms with Crippen molar-refractivity contribution in [3.05, 3.63) is 0 Å². The van der Waals surface area contributed by atoms with Crippen LogP contribution in [-0.4, -0.2) is 51.5 Å². The highest BCUT2D eigenvalue weighted by Crippen LogP contribution is 2.19. The molecule has 0 amide bonds. The van der Waals surface area contributed by atoms with E-state index in [1.807, 2.05) is 0 Å². The van der Waals surface area contributed by atoms with Crippen molar-refractivity contribution in [2.24, 2.45) is 0 Å². The molecule has 0 spiro atoms. The van der Waals surface area contributed by atoms with Gasteiger partial charge in [-0.25, -0.2) is 0 Å². The number of carbonyl (C=O) groups excluding carboxylic acids is 1. The van der Waals surface area contributed by atoms with Gasteiger partial charge in [-0.15, -0.1) is 12.6 Å². The number of hydrogen-bond acceptors (Lipinski definition) is 6. The molecular weight excluding hydrogens is 184 g/mol. The van der Waals surface area contributed by atoms with Crippen molar-refractivity contribution in [2.75, 3.05) is 6.61 Å². The molecule has 1 saturated heterocycles. The molecule has 0 aromatic heterocycles. The molecule has 0 unspecified atom stereocenters. The lowest BCUT2D eigenvalue weighted by molar-refractivity contribution is -0.172. The lowest BCUT2D eigenvalue weighted by atomic mass is 10.0. The van der Waals surface area contributed by atoms with Crippen LogP contribution in [0.5, 0.6) is 0 Å². The van der Waals surface area contributed by atoms with Gasteiger partial charge in [0.15, 0.2) is 5.78 Å². The van der Waals surface area contributed by atoms with Crippen LogP contribution in [0, 0.1) is 0 Å². The molecule has 0 bridgehead atoms. The zero-order valence-electron chi connectivity index (χ0n) is 6.12. The van der Waals surface area contributed by atoms with Crippen LogP contribution in [0.15, 0.2) is 0 Å². The molecule has 0 aromatic carbocycles. The smallest absolute Gasteiger partial charge is 0.195 e. The highest BCUT2D eigenvalue weighted by molar-refractivity contribution is 7.80. The Balaban J connectivity index is 2.70. The fraction of sp³-hybridized carbons (Fsp3) is 0.833. The van der Waals surface area contributed by atoms with Gasteiger partial charge in [-0.2, -0.15) is 0 Å². The molecule has 0 radical (unpaired) electrons. The predicted octanol–water partition coefficient (Wildman–Crippen LogP) is -2.08. The summed E-state index contributed by atoms with van der Waals surface area (Å²) in [6.07, 6.45) is -3.92. The van der Waals surface area contributed by atoms with E-state index in [0.29, 0.717) is 0 Å². The number of Topliss-reactive ketones (excluding diaryl/α,β-unsaturated/α-hetero) is 1. The number of rotatable bonds is 1. The van der Waals surface area contributed by atoms with E-state index in [1.165, 1.54) is 0 Å². The van der Waals surface area contributed by atoms with Crippen LogP contribution in [0.25, 0.3) is 0 Å². The molecule has 70 valence electrons. The molecule has 12 heavy (non-hydrogen) atoms. The highest BCUT2D eigenvalue weighted by atomic mass is 32.1. The van der Waals surface area contributed by atoms with E-state index in [0.717, 1.165) is 0 Å². The summed E-state index contributed by atoms with van der Waals surface area (Å²) in [7, 11) is 0. The van der Waals surface area contributed by atoms with Crippen LogP contribution in [0.1, 0.15) is 0 Å². The lowest BCUT2D eigenvalue weighted by Gasteiger charge is -2.32. The Labute approximate surface area is 74.4 Å². The topological polar surface area (TPSA) is 87.0 Å². The number of carbonyl (C=O) groups is 1. The summed E-state index contributed by atoms with van der Waals surface area (Å²) >= 11 is 3.77. The van der Waals surface area contributed by atoms with Crippen LogP contribution in [0.3, 0.4) is 0 Å². The molecule has 0 saturated carbocycles. The van der Waals surface area contributed by atoms with Crippen LogP contribution in [0.2, 0.25) is 0 Å². The minimum absolute atomic E-state index is 0.514. The average Bonchev–Trinajstić information content (AvgIpc) is 2.08. The van der Waals surface area contributed by atoms with Gasteiger partial charge in [0.2, 0.25) is 0 Å². The maximum absolute atomic E-state index is 11.0. The summed E-state index contributed by atoms with van der Waals surface area (Å²) in [5.74, 6) is -0.713. The minimum atomic E-state index is -1.52. The van der Waals surface area contributed by atoms with Gasteiger partial charge < -0.3 is 20.1 Å². The van der Waals surface area contributed by atoms with Gasteiger partial charge in [0, 0.05) is 0 Å². The second-order valence-corrected chi connectivity index (χ2v) is 3.04. The van der Waals surface area contributed by atoms with Crippen molar-refractivity contribution in [2.45, 2.75) is 23.7 Å². The van der Waals surface area contributed by atoms with E-state index in [4.69, 9.17) is 20.1 Å². The van der Waals surface area contributed by atoms with Gasteiger partial charge in [0.05, 0.1) is 6.61 Å². The first-order valence-corrected chi connectivity index (χ1v) is 3.94. The monoisotopic (exact) mass is 194 g/mol. The van der Waals surface area contributed by atoms with E-state index in [9.17, 15) is 4.79 Å². The summed E-state index contributed by atoms with van der Waals surface area (Å²) in [6, 6.07) is 0. The molecular formula is C6H10O5S. The molecule has 0 aliphatic carbocycles. The predicted molar refractivity (Wildman–Crippen MR) is 41.8 cm³/mol. The molecule has 6 heteroatoms.